The van der Waals surface area contributed by atoms with E-state index in [1.165, 1.54) is 43.2 Å². The third-order valence-electron chi connectivity index (χ3n) is 6.85. The minimum absolute atomic E-state index is 0.417. The van der Waals surface area contributed by atoms with E-state index in [2.05, 4.69) is 78.9 Å². The Kier molecular flexibility index (Phi) is 4.42. The van der Waals surface area contributed by atoms with Crippen LogP contribution in [0.5, 0.6) is 11.5 Å². The standard InChI is InChI=1S/C31H19ClOS/c32-20-14-17-29-28(18-20)31(25-12-6-4-10-23(25)24-11-5-7-13-26(24)31)27-16-15-22(19-30(27)34-29)33-21-8-2-1-3-9-21/h1-19H. The molecule has 0 aromatic heterocycles. The van der Waals surface area contributed by atoms with Gasteiger partial charge in [0.25, 0.3) is 0 Å². The van der Waals surface area contributed by atoms with Crippen molar-refractivity contribution in [3.8, 4) is 22.6 Å². The van der Waals surface area contributed by atoms with Gasteiger partial charge in [0.15, 0.2) is 0 Å². The first kappa shape index (κ1) is 20.0. The predicted octanol–water partition coefficient (Wildman–Crippen LogP) is 8.96. The number of hydrogen-bond acceptors (Lipinski definition) is 2. The average molecular weight is 475 g/mol. The van der Waals surface area contributed by atoms with E-state index >= 15 is 0 Å². The molecule has 0 N–H and O–H groups in total. The molecule has 0 radical (unpaired) electrons. The number of fused-ring (bicyclic) bond motifs is 9. The topological polar surface area (TPSA) is 9.23 Å². The lowest BCUT2D eigenvalue weighted by Gasteiger charge is -2.39. The van der Waals surface area contributed by atoms with Crippen LogP contribution in [-0.4, -0.2) is 0 Å². The molecule has 0 fully saturated rings. The summed E-state index contributed by atoms with van der Waals surface area (Å²) in [5.41, 5.74) is 7.27. The Labute approximate surface area is 208 Å². The van der Waals surface area contributed by atoms with Crippen LogP contribution in [0.15, 0.2) is 125 Å². The van der Waals surface area contributed by atoms with Gasteiger partial charge in [0, 0.05) is 14.8 Å². The van der Waals surface area contributed by atoms with Gasteiger partial charge < -0.3 is 4.74 Å². The maximum absolute atomic E-state index is 6.61. The predicted molar refractivity (Wildman–Crippen MR) is 139 cm³/mol. The Balaban J connectivity index is 1.53. The smallest absolute Gasteiger partial charge is 0.128 e. The van der Waals surface area contributed by atoms with Crippen molar-refractivity contribution >= 4 is 23.4 Å². The van der Waals surface area contributed by atoms with E-state index in [4.69, 9.17) is 16.3 Å². The van der Waals surface area contributed by atoms with Gasteiger partial charge in [-0.2, -0.15) is 0 Å². The van der Waals surface area contributed by atoms with Crippen molar-refractivity contribution in [1.82, 2.24) is 0 Å². The van der Waals surface area contributed by atoms with Crippen molar-refractivity contribution in [2.24, 2.45) is 0 Å². The van der Waals surface area contributed by atoms with Gasteiger partial charge in [-0.1, -0.05) is 96.2 Å². The summed E-state index contributed by atoms with van der Waals surface area (Å²) in [5, 5.41) is 0.757. The summed E-state index contributed by atoms with van der Waals surface area (Å²) < 4.78 is 6.21. The van der Waals surface area contributed by atoms with E-state index in [0.29, 0.717) is 0 Å². The Bertz CT molecular complexity index is 1530. The molecule has 1 spiro atoms. The second kappa shape index (κ2) is 7.53. The third kappa shape index (κ3) is 2.76. The molecule has 1 heterocycles. The molecule has 5 aromatic rings. The van der Waals surface area contributed by atoms with Crippen molar-refractivity contribution in [1.29, 1.82) is 0 Å². The molecule has 0 bridgehead atoms. The summed E-state index contributed by atoms with van der Waals surface area (Å²) in [6.45, 7) is 0. The highest BCUT2D eigenvalue weighted by atomic mass is 35.5. The van der Waals surface area contributed by atoms with Gasteiger partial charge in [0.05, 0.1) is 5.41 Å². The second-order valence-electron chi connectivity index (χ2n) is 8.66. The first-order chi connectivity index (χ1) is 16.7. The molecular formula is C31H19ClOS. The summed E-state index contributed by atoms with van der Waals surface area (Å²) >= 11 is 8.39. The first-order valence-corrected chi connectivity index (χ1v) is 12.5. The Morgan fingerprint density at radius 3 is 1.94 bits per heavy atom. The molecule has 2 aliphatic rings. The van der Waals surface area contributed by atoms with Crippen molar-refractivity contribution in [2.45, 2.75) is 15.2 Å². The number of rotatable bonds is 2. The van der Waals surface area contributed by atoms with Crippen molar-refractivity contribution in [2.75, 3.05) is 0 Å². The van der Waals surface area contributed by atoms with E-state index in [1.54, 1.807) is 11.8 Å². The summed E-state index contributed by atoms with van der Waals surface area (Å²) in [6, 6.07) is 40.3. The highest BCUT2D eigenvalue weighted by Gasteiger charge is 2.50. The van der Waals surface area contributed by atoms with E-state index in [1.807, 2.05) is 36.4 Å². The van der Waals surface area contributed by atoms with Crippen LogP contribution in [0.3, 0.4) is 0 Å². The van der Waals surface area contributed by atoms with Gasteiger partial charge in [0.2, 0.25) is 0 Å². The molecular weight excluding hydrogens is 456 g/mol. The molecule has 7 rings (SSSR count). The molecule has 3 heteroatoms. The van der Waals surface area contributed by atoms with Crippen LogP contribution in [-0.2, 0) is 5.41 Å². The zero-order valence-corrected chi connectivity index (χ0v) is 19.7. The molecule has 1 aliphatic heterocycles. The second-order valence-corrected chi connectivity index (χ2v) is 10.2. The number of para-hydroxylation sites is 1. The molecule has 1 aliphatic carbocycles. The minimum atomic E-state index is -0.417. The normalized spacial score (nSPS) is 14.1. The van der Waals surface area contributed by atoms with Crippen molar-refractivity contribution in [3.63, 3.8) is 0 Å². The fraction of sp³-hybridized carbons (Fsp3) is 0.0323. The van der Waals surface area contributed by atoms with Crippen LogP contribution < -0.4 is 4.74 Å². The van der Waals surface area contributed by atoms with Crippen molar-refractivity contribution < 1.29 is 4.74 Å². The summed E-state index contributed by atoms with van der Waals surface area (Å²) in [6.07, 6.45) is 0. The molecule has 0 saturated carbocycles. The molecule has 162 valence electrons. The molecule has 5 aromatic carbocycles. The summed E-state index contributed by atoms with van der Waals surface area (Å²) in [4.78, 5) is 2.43. The monoisotopic (exact) mass is 474 g/mol. The van der Waals surface area contributed by atoms with E-state index < -0.39 is 5.41 Å². The number of halogens is 1. The van der Waals surface area contributed by atoms with Crippen LogP contribution in [0.2, 0.25) is 5.02 Å². The SMILES string of the molecule is Clc1ccc2c(c1)C1(c3ccc(Oc4ccccc4)cc3S2)c2ccccc2-c2ccccc21. The molecule has 34 heavy (non-hydrogen) atoms. The Morgan fingerprint density at radius 2 is 1.21 bits per heavy atom. The van der Waals surface area contributed by atoms with Crippen molar-refractivity contribution in [3.05, 3.63) is 143 Å². The summed E-state index contributed by atoms with van der Waals surface area (Å²) in [5.74, 6) is 1.67. The maximum atomic E-state index is 6.61. The van der Waals surface area contributed by atoms with Crippen LogP contribution in [0.4, 0.5) is 0 Å². The number of ether oxygens (including phenoxy) is 1. The number of hydrogen-bond donors (Lipinski definition) is 0. The zero-order chi connectivity index (χ0) is 22.7. The van der Waals surface area contributed by atoms with E-state index in [0.717, 1.165) is 16.5 Å². The average Bonchev–Trinajstić information content (AvgIpc) is 3.17. The van der Waals surface area contributed by atoms with Crippen LogP contribution in [0.25, 0.3) is 11.1 Å². The van der Waals surface area contributed by atoms with Gasteiger partial charge in [-0.15, -0.1) is 0 Å². The largest absolute Gasteiger partial charge is 0.457 e. The lowest BCUT2D eigenvalue weighted by Crippen LogP contribution is -2.32. The van der Waals surface area contributed by atoms with Gasteiger partial charge >= 0.3 is 0 Å². The molecule has 0 saturated heterocycles. The molecule has 0 unspecified atom stereocenters. The quantitative estimate of drug-likeness (QED) is 0.247. The van der Waals surface area contributed by atoms with E-state index in [-0.39, 0.29) is 0 Å². The van der Waals surface area contributed by atoms with Gasteiger partial charge in [0.1, 0.15) is 11.5 Å². The van der Waals surface area contributed by atoms with Gasteiger partial charge in [-0.25, -0.2) is 0 Å². The minimum Gasteiger partial charge on any atom is -0.457 e. The molecule has 0 amide bonds. The van der Waals surface area contributed by atoms with Crippen LogP contribution >= 0.6 is 23.4 Å². The van der Waals surface area contributed by atoms with Gasteiger partial charge in [-0.05, 0) is 75.8 Å². The Morgan fingerprint density at radius 1 is 0.529 bits per heavy atom. The molecule has 1 nitrogen and oxygen atoms in total. The lowest BCUT2D eigenvalue weighted by molar-refractivity contribution is 0.480. The number of benzene rings is 5. The fourth-order valence-electron chi connectivity index (χ4n) is 5.55. The Hall–Kier alpha value is -3.46. The highest BCUT2D eigenvalue weighted by Crippen LogP contribution is 2.62. The van der Waals surface area contributed by atoms with E-state index in [9.17, 15) is 0 Å². The third-order valence-corrected chi connectivity index (χ3v) is 8.22. The first-order valence-electron chi connectivity index (χ1n) is 11.3. The maximum Gasteiger partial charge on any atom is 0.128 e. The fourth-order valence-corrected chi connectivity index (χ4v) is 6.92. The lowest BCUT2D eigenvalue weighted by atomic mass is 9.67. The van der Waals surface area contributed by atoms with Crippen LogP contribution in [0.1, 0.15) is 22.3 Å². The van der Waals surface area contributed by atoms with Gasteiger partial charge in [-0.3, -0.25) is 0 Å². The summed E-state index contributed by atoms with van der Waals surface area (Å²) in [7, 11) is 0. The zero-order valence-electron chi connectivity index (χ0n) is 18.2. The van der Waals surface area contributed by atoms with Crippen LogP contribution in [0, 0.1) is 0 Å². The highest BCUT2D eigenvalue weighted by molar-refractivity contribution is 7.99. The molecule has 0 atom stereocenters.